The molecule has 0 spiro atoms. The second-order valence-corrected chi connectivity index (χ2v) is 5.72. The second kappa shape index (κ2) is 5.77. The van der Waals surface area contributed by atoms with Crippen LogP contribution in [0.25, 0.3) is 0 Å². The third kappa shape index (κ3) is 2.73. The Balaban J connectivity index is 1.90. The van der Waals surface area contributed by atoms with E-state index in [0.717, 1.165) is 30.9 Å². The average Bonchev–Trinajstić information content (AvgIpc) is 3.17. The Hall–Kier alpha value is -2.02. The highest BCUT2D eigenvalue weighted by molar-refractivity contribution is 7.07. The Morgan fingerprint density at radius 3 is 3.05 bits per heavy atom. The van der Waals surface area contributed by atoms with Gasteiger partial charge in [0.2, 0.25) is 0 Å². The van der Waals surface area contributed by atoms with Crippen LogP contribution in [0.4, 0.5) is 5.82 Å². The quantitative estimate of drug-likeness (QED) is 0.941. The number of carbonyl (C=O) groups excluding carboxylic acids is 1. The molecule has 0 aliphatic carbocycles. The molecule has 0 saturated carbocycles. The molecule has 1 saturated heterocycles. The summed E-state index contributed by atoms with van der Waals surface area (Å²) in [7, 11) is 1.83. The number of aryl methyl sites for hydroxylation is 1. The van der Waals surface area contributed by atoms with E-state index in [0.29, 0.717) is 11.5 Å². The topological polar surface area (TPSA) is 71.0 Å². The number of rotatable bonds is 3. The van der Waals surface area contributed by atoms with Gasteiger partial charge in [0.1, 0.15) is 17.3 Å². The van der Waals surface area contributed by atoms with E-state index in [4.69, 9.17) is 0 Å². The van der Waals surface area contributed by atoms with Gasteiger partial charge in [0.25, 0.3) is 5.91 Å². The lowest BCUT2D eigenvalue weighted by molar-refractivity contribution is 0.0727. The van der Waals surface area contributed by atoms with E-state index < -0.39 is 0 Å². The maximum Gasteiger partial charge on any atom is 0.273 e. The van der Waals surface area contributed by atoms with Gasteiger partial charge in [-0.25, -0.2) is 15.0 Å². The number of amides is 1. The average molecular weight is 303 g/mol. The summed E-state index contributed by atoms with van der Waals surface area (Å²) in [4.78, 5) is 27.4. The number of carbonyl (C=O) groups is 1. The van der Waals surface area contributed by atoms with Gasteiger partial charge in [0.15, 0.2) is 0 Å². The lowest BCUT2D eigenvalue weighted by Gasteiger charge is -2.24. The largest absolute Gasteiger partial charge is 0.373 e. The van der Waals surface area contributed by atoms with Crippen LogP contribution in [0.3, 0.4) is 0 Å². The number of hydrogen-bond donors (Lipinski definition) is 1. The lowest BCUT2D eigenvalue weighted by Crippen LogP contribution is -2.31. The highest BCUT2D eigenvalue weighted by Crippen LogP contribution is 2.32. The van der Waals surface area contributed by atoms with Crippen LogP contribution in [0.15, 0.2) is 17.0 Å². The molecule has 110 valence electrons. The first-order valence-electron chi connectivity index (χ1n) is 6.91. The molecular weight excluding hydrogens is 286 g/mol. The number of thiazole rings is 1. The van der Waals surface area contributed by atoms with E-state index in [2.05, 4.69) is 20.3 Å². The Bertz CT molecular complexity index is 643. The van der Waals surface area contributed by atoms with Gasteiger partial charge < -0.3 is 10.2 Å². The van der Waals surface area contributed by atoms with Crippen LogP contribution in [0, 0.1) is 6.92 Å². The summed E-state index contributed by atoms with van der Waals surface area (Å²) in [6, 6.07) is 1.93. The molecular formula is C14H17N5OS. The number of anilines is 1. The van der Waals surface area contributed by atoms with Crippen molar-refractivity contribution in [1.82, 2.24) is 19.9 Å². The van der Waals surface area contributed by atoms with Gasteiger partial charge in [-0.15, -0.1) is 11.3 Å². The molecule has 1 fully saturated rings. The fourth-order valence-corrected chi connectivity index (χ4v) is 3.20. The third-order valence-corrected chi connectivity index (χ3v) is 4.21. The smallest absolute Gasteiger partial charge is 0.273 e. The number of hydrogen-bond acceptors (Lipinski definition) is 6. The third-order valence-electron chi connectivity index (χ3n) is 3.62. The molecule has 0 unspecified atom stereocenters. The molecule has 2 aromatic rings. The van der Waals surface area contributed by atoms with Crippen molar-refractivity contribution in [3.63, 3.8) is 0 Å². The number of likely N-dealkylation sites (tertiary alicyclic amines) is 1. The van der Waals surface area contributed by atoms with Crippen LogP contribution in [0.2, 0.25) is 0 Å². The molecule has 1 atom stereocenters. The SMILES string of the molecule is CNc1cc([C@@H]2CCCN2C(=O)c2cscn2)nc(C)n1. The summed E-state index contributed by atoms with van der Waals surface area (Å²) in [6.07, 6.45) is 1.91. The van der Waals surface area contributed by atoms with Gasteiger partial charge in [0.05, 0.1) is 17.2 Å². The monoisotopic (exact) mass is 303 g/mol. The normalized spacial score (nSPS) is 18.0. The summed E-state index contributed by atoms with van der Waals surface area (Å²) < 4.78 is 0. The second-order valence-electron chi connectivity index (χ2n) is 5.01. The molecule has 3 rings (SSSR count). The minimum atomic E-state index is -0.0129. The van der Waals surface area contributed by atoms with Gasteiger partial charge in [-0.3, -0.25) is 4.79 Å². The van der Waals surface area contributed by atoms with Crippen LogP contribution in [0.5, 0.6) is 0 Å². The van der Waals surface area contributed by atoms with Crippen LogP contribution >= 0.6 is 11.3 Å². The zero-order valence-corrected chi connectivity index (χ0v) is 12.9. The van der Waals surface area contributed by atoms with Crippen molar-refractivity contribution in [1.29, 1.82) is 0 Å². The molecule has 1 aliphatic rings. The molecule has 1 N–H and O–H groups in total. The molecule has 7 heteroatoms. The molecule has 3 heterocycles. The summed E-state index contributed by atoms with van der Waals surface area (Å²) in [6.45, 7) is 2.62. The van der Waals surface area contributed by atoms with Crippen molar-refractivity contribution in [2.75, 3.05) is 18.9 Å². The van der Waals surface area contributed by atoms with E-state index in [1.165, 1.54) is 11.3 Å². The molecule has 1 amide bonds. The van der Waals surface area contributed by atoms with Crippen molar-refractivity contribution < 1.29 is 4.79 Å². The minimum Gasteiger partial charge on any atom is -0.373 e. The van der Waals surface area contributed by atoms with Gasteiger partial charge in [-0.05, 0) is 19.8 Å². The van der Waals surface area contributed by atoms with Crippen LogP contribution in [0.1, 0.15) is 40.9 Å². The van der Waals surface area contributed by atoms with Gasteiger partial charge in [0, 0.05) is 25.0 Å². The fourth-order valence-electron chi connectivity index (χ4n) is 2.67. The molecule has 2 aromatic heterocycles. The van der Waals surface area contributed by atoms with Crippen molar-refractivity contribution in [2.45, 2.75) is 25.8 Å². The predicted octanol–water partition coefficient (Wildman–Crippen LogP) is 2.26. The summed E-state index contributed by atoms with van der Waals surface area (Å²) in [5.41, 5.74) is 3.10. The Morgan fingerprint density at radius 1 is 1.48 bits per heavy atom. The van der Waals surface area contributed by atoms with Crippen molar-refractivity contribution >= 4 is 23.1 Å². The number of nitrogens with one attached hydrogen (secondary N) is 1. The van der Waals surface area contributed by atoms with E-state index in [-0.39, 0.29) is 11.9 Å². The molecule has 0 aromatic carbocycles. The van der Waals surface area contributed by atoms with Crippen LogP contribution in [-0.2, 0) is 0 Å². The van der Waals surface area contributed by atoms with E-state index in [9.17, 15) is 4.79 Å². The zero-order chi connectivity index (χ0) is 14.8. The van der Waals surface area contributed by atoms with E-state index >= 15 is 0 Å². The van der Waals surface area contributed by atoms with Crippen molar-refractivity contribution in [2.24, 2.45) is 0 Å². The highest BCUT2D eigenvalue weighted by Gasteiger charge is 2.32. The number of nitrogens with zero attached hydrogens (tertiary/aromatic N) is 4. The predicted molar refractivity (Wildman–Crippen MR) is 81.4 cm³/mol. The maximum atomic E-state index is 12.5. The summed E-state index contributed by atoms with van der Waals surface area (Å²) in [5.74, 6) is 1.48. The summed E-state index contributed by atoms with van der Waals surface area (Å²) in [5, 5.41) is 4.83. The van der Waals surface area contributed by atoms with E-state index in [1.807, 2.05) is 24.9 Å². The van der Waals surface area contributed by atoms with Gasteiger partial charge in [-0.1, -0.05) is 0 Å². The Morgan fingerprint density at radius 2 is 2.33 bits per heavy atom. The fraction of sp³-hybridized carbons (Fsp3) is 0.429. The molecule has 0 radical (unpaired) electrons. The zero-order valence-electron chi connectivity index (χ0n) is 12.0. The molecule has 1 aliphatic heterocycles. The first-order valence-corrected chi connectivity index (χ1v) is 7.86. The Kier molecular flexibility index (Phi) is 3.83. The Labute approximate surface area is 127 Å². The van der Waals surface area contributed by atoms with Gasteiger partial charge >= 0.3 is 0 Å². The van der Waals surface area contributed by atoms with Crippen molar-refractivity contribution in [3.05, 3.63) is 34.2 Å². The molecule has 6 nitrogen and oxygen atoms in total. The van der Waals surface area contributed by atoms with E-state index in [1.54, 1.807) is 10.9 Å². The first kappa shape index (κ1) is 13.9. The first-order chi connectivity index (χ1) is 10.2. The standard InChI is InChI=1S/C14H17N5OS/c1-9-17-10(6-13(15-2)18-9)12-4-3-5-19(12)14(20)11-7-21-8-16-11/h6-8,12H,3-5H2,1-2H3,(H,15,17,18)/t12-/m0/s1. The summed E-state index contributed by atoms with van der Waals surface area (Å²) >= 11 is 1.44. The highest BCUT2D eigenvalue weighted by atomic mass is 32.1. The number of aromatic nitrogens is 3. The maximum absolute atomic E-state index is 12.5. The molecule has 0 bridgehead atoms. The van der Waals surface area contributed by atoms with Gasteiger partial charge in [-0.2, -0.15) is 0 Å². The lowest BCUT2D eigenvalue weighted by atomic mass is 10.1. The van der Waals surface area contributed by atoms with Crippen LogP contribution in [-0.4, -0.2) is 39.4 Å². The van der Waals surface area contributed by atoms with Crippen molar-refractivity contribution in [3.8, 4) is 0 Å². The van der Waals surface area contributed by atoms with Crippen LogP contribution < -0.4 is 5.32 Å². The molecule has 21 heavy (non-hydrogen) atoms. The minimum absolute atomic E-state index is 0.00741.